The quantitative estimate of drug-likeness (QED) is 0.854. The van der Waals surface area contributed by atoms with Gasteiger partial charge in [0.2, 0.25) is 0 Å². The molecule has 0 fully saturated rings. The molecule has 1 aromatic heterocycles. The van der Waals surface area contributed by atoms with Gasteiger partial charge in [0, 0.05) is 29.6 Å². The molecule has 0 saturated carbocycles. The molecule has 0 saturated heterocycles. The maximum Gasteiger partial charge on any atom is 0.307 e. The van der Waals surface area contributed by atoms with Gasteiger partial charge in [-0.25, -0.2) is 0 Å². The Balaban J connectivity index is 2.39. The maximum absolute atomic E-state index is 12.5. The van der Waals surface area contributed by atoms with Gasteiger partial charge in [-0.15, -0.1) is 0 Å². The molecule has 0 radical (unpaired) electrons. The second-order valence-electron chi connectivity index (χ2n) is 5.48. The Labute approximate surface area is 134 Å². The van der Waals surface area contributed by atoms with Crippen molar-refractivity contribution in [3.63, 3.8) is 0 Å². The van der Waals surface area contributed by atoms with E-state index in [1.54, 1.807) is 30.5 Å². The van der Waals surface area contributed by atoms with Gasteiger partial charge < -0.3 is 14.6 Å². The molecule has 1 aromatic carbocycles. The van der Waals surface area contributed by atoms with Gasteiger partial charge in [-0.3, -0.25) is 14.4 Å². The van der Waals surface area contributed by atoms with Crippen molar-refractivity contribution in [2.24, 2.45) is 0 Å². The first-order valence-electron chi connectivity index (χ1n) is 7.44. The van der Waals surface area contributed by atoms with Crippen molar-refractivity contribution in [1.29, 1.82) is 0 Å². The van der Waals surface area contributed by atoms with Crippen LogP contribution in [0, 0.1) is 0 Å². The Morgan fingerprint density at radius 3 is 2.48 bits per heavy atom. The molecular weight excluding hydrogens is 296 g/mol. The maximum atomic E-state index is 12.5. The number of fused-ring (bicyclic) bond motifs is 1. The monoisotopic (exact) mass is 316 g/mol. The summed E-state index contributed by atoms with van der Waals surface area (Å²) >= 11 is 0. The van der Waals surface area contributed by atoms with Gasteiger partial charge in [0.25, 0.3) is 11.5 Å². The number of carbonyl (C=O) groups is 2. The van der Waals surface area contributed by atoms with Crippen LogP contribution in [-0.4, -0.2) is 30.1 Å². The van der Waals surface area contributed by atoms with Crippen molar-refractivity contribution in [2.75, 3.05) is 13.7 Å². The number of aromatic nitrogens is 1. The fourth-order valence-electron chi connectivity index (χ4n) is 2.35. The van der Waals surface area contributed by atoms with Crippen LogP contribution in [0.5, 0.6) is 0 Å². The third kappa shape index (κ3) is 3.59. The van der Waals surface area contributed by atoms with E-state index >= 15 is 0 Å². The summed E-state index contributed by atoms with van der Waals surface area (Å²) in [5.74, 6) is -0.707. The summed E-state index contributed by atoms with van der Waals surface area (Å²) in [6.07, 6.45) is 1.67. The van der Waals surface area contributed by atoms with E-state index in [0.29, 0.717) is 16.3 Å². The number of benzene rings is 1. The lowest BCUT2D eigenvalue weighted by atomic mass is 10.1. The number of esters is 1. The average Bonchev–Trinajstić information content (AvgIpc) is 2.54. The largest absolute Gasteiger partial charge is 0.469 e. The highest BCUT2D eigenvalue weighted by Crippen LogP contribution is 2.17. The first-order valence-corrected chi connectivity index (χ1v) is 7.44. The van der Waals surface area contributed by atoms with Gasteiger partial charge in [-0.2, -0.15) is 0 Å². The van der Waals surface area contributed by atoms with Crippen LogP contribution in [0.4, 0.5) is 0 Å². The van der Waals surface area contributed by atoms with Gasteiger partial charge in [0.15, 0.2) is 0 Å². The number of hydrogen-bond donors (Lipinski definition) is 1. The molecular formula is C17H20N2O4. The van der Waals surface area contributed by atoms with Gasteiger partial charge in [0.05, 0.1) is 19.1 Å². The summed E-state index contributed by atoms with van der Waals surface area (Å²) in [5, 5.41) is 3.79. The van der Waals surface area contributed by atoms with Gasteiger partial charge in [-0.1, -0.05) is 18.2 Å². The molecule has 0 aliphatic heterocycles. The first-order chi connectivity index (χ1) is 11.0. The molecule has 2 aromatic rings. The zero-order valence-corrected chi connectivity index (χ0v) is 13.5. The highest BCUT2D eigenvalue weighted by molar-refractivity contribution is 6.06. The second-order valence-corrected chi connectivity index (χ2v) is 5.48. The Kier molecular flexibility index (Phi) is 5.16. The Bertz CT molecular complexity index is 793. The summed E-state index contributed by atoms with van der Waals surface area (Å²) < 4.78 is 6.08. The van der Waals surface area contributed by atoms with Crippen LogP contribution < -0.4 is 10.9 Å². The number of carbonyl (C=O) groups excluding carboxylic acids is 2. The fourth-order valence-corrected chi connectivity index (χ4v) is 2.35. The van der Waals surface area contributed by atoms with E-state index in [0.717, 1.165) is 0 Å². The highest BCUT2D eigenvalue weighted by Gasteiger charge is 2.15. The predicted molar refractivity (Wildman–Crippen MR) is 87.6 cm³/mol. The Hall–Kier alpha value is -2.63. The van der Waals surface area contributed by atoms with Gasteiger partial charge in [0.1, 0.15) is 0 Å². The SMILES string of the molecule is COC(=O)CCNC(=O)c1cn(C(C)C)c(=O)c2ccccc12. The molecule has 6 heteroatoms. The normalized spacial score (nSPS) is 10.8. The van der Waals surface area contributed by atoms with Crippen LogP contribution >= 0.6 is 0 Å². The van der Waals surface area contributed by atoms with Gasteiger partial charge >= 0.3 is 5.97 Å². The van der Waals surface area contributed by atoms with E-state index in [9.17, 15) is 14.4 Å². The van der Waals surface area contributed by atoms with Crippen molar-refractivity contribution >= 4 is 22.6 Å². The molecule has 23 heavy (non-hydrogen) atoms. The number of nitrogens with zero attached hydrogens (tertiary/aromatic N) is 1. The standard InChI is InChI=1S/C17H20N2O4/c1-11(2)19-10-14(16(21)18-9-8-15(20)23-3)12-6-4-5-7-13(12)17(19)22/h4-7,10-11H,8-9H2,1-3H3,(H,18,21). The number of ether oxygens (including phenoxy) is 1. The van der Waals surface area contributed by atoms with Crippen molar-refractivity contribution in [3.8, 4) is 0 Å². The molecule has 0 aliphatic rings. The molecule has 122 valence electrons. The van der Waals surface area contributed by atoms with Crippen molar-refractivity contribution in [1.82, 2.24) is 9.88 Å². The minimum Gasteiger partial charge on any atom is -0.469 e. The molecule has 1 heterocycles. The van der Waals surface area contributed by atoms with E-state index < -0.39 is 0 Å². The molecule has 0 aliphatic carbocycles. The summed E-state index contributed by atoms with van der Waals surface area (Å²) in [6, 6.07) is 6.95. The number of rotatable bonds is 5. The zero-order chi connectivity index (χ0) is 17.0. The molecule has 0 unspecified atom stereocenters. The van der Waals surface area contributed by atoms with E-state index in [2.05, 4.69) is 10.1 Å². The van der Waals surface area contributed by atoms with Crippen LogP contribution in [0.1, 0.15) is 36.7 Å². The van der Waals surface area contributed by atoms with Crippen LogP contribution in [0.2, 0.25) is 0 Å². The van der Waals surface area contributed by atoms with Crippen LogP contribution in [0.3, 0.4) is 0 Å². The number of pyridine rings is 1. The van der Waals surface area contributed by atoms with Crippen LogP contribution in [0.25, 0.3) is 10.8 Å². The fraction of sp³-hybridized carbons (Fsp3) is 0.353. The summed E-state index contributed by atoms with van der Waals surface area (Å²) in [5.41, 5.74) is 0.292. The Morgan fingerprint density at radius 2 is 1.87 bits per heavy atom. The van der Waals surface area contributed by atoms with Crippen molar-refractivity contribution < 1.29 is 14.3 Å². The van der Waals surface area contributed by atoms with E-state index in [4.69, 9.17) is 0 Å². The van der Waals surface area contributed by atoms with Gasteiger partial charge in [-0.05, 0) is 19.9 Å². The zero-order valence-electron chi connectivity index (χ0n) is 13.5. The van der Waals surface area contributed by atoms with E-state index in [1.165, 1.54) is 11.7 Å². The number of nitrogens with one attached hydrogen (secondary N) is 1. The third-order valence-electron chi connectivity index (χ3n) is 3.59. The highest BCUT2D eigenvalue weighted by atomic mass is 16.5. The first kappa shape index (κ1) is 16.7. The molecule has 1 N–H and O–H groups in total. The lowest BCUT2D eigenvalue weighted by Crippen LogP contribution is -2.29. The topological polar surface area (TPSA) is 77.4 Å². The van der Waals surface area contributed by atoms with Crippen LogP contribution in [0.15, 0.2) is 35.3 Å². The Morgan fingerprint density at radius 1 is 1.22 bits per heavy atom. The van der Waals surface area contributed by atoms with Crippen LogP contribution in [-0.2, 0) is 9.53 Å². The number of amides is 1. The van der Waals surface area contributed by atoms with E-state index in [-0.39, 0.29) is 36.4 Å². The minimum atomic E-state index is -0.387. The molecule has 0 bridgehead atoms. The van der Waals surface area contributed by atoms with Crippen molar-refractivity contribution in [3.05, 3.63) is 46.4 Å². The summed E-state index contributed by atoms with van der Waals surface area (Å²) in [4.78, 5) is 36.0. The lowest BCUT2D eigenvalue weighted by molar-refractivity contribution is -0.140. The minimum absolute atomic E-state index is 0.0614. The molecule has 6 nitrogen and oxygen atoms in total. The third-order valence-corrected chi connectivity index (χ3v) is 3.59. The molecule has 0 spiro atoms. The predicted octanol–water partition coefficient (Wildman–Crippen LogP) is 1.88. The smallest absolute Gasteiger partial charge is 0.307 e. The molecule has 0 atom stereocenters. The summed E-state index contributed by atoms with van der Waals surface area (Å²) in [7, 11) is 1.30. The summed E-state index contributed by atoms with van der Waals surface area (Å²) in [6.45, 7) is 3.95. The lowest BCUT2D eigenvalue weighted by Gasteiger charge is -2.14. The number of hydrogen-bond acceptors (Lipinski definition) is 4. The molecule has 1 amide bonds. The average molecular weight is 316 g/mol. The van der Waals surface area contributed by atoms with Crippen molar-refractivity contribution in [2.45, 2.75) is 26.3 Å². The van der Waals surface area contributed by atoms with E-state index in [1.807, 2.05) is 13.8 Å². The molecule has 2 rings (SSSR count). The number of methoxy groups -OCH3 is 1. The second kappa shape index (κ2) is 7.09.